The van der Waals surface area contributed by atoms with Gasteiger partial charge in [-0.25, -0.2) is 13.2 Å². The van der Waals surface area contributed by atoms with Crippen LogP contribution in [0.5, 0.6) is 0 Å². The highest BCUT2D eigenvalue weighted by atomic mass is 19.2. The quantitative estimate of drug-likeness (QED) is 0.393. The SMILES string of the molecule is Cc1cccc(C)c1NC(=O)c1c(C)oc2c(F)c(F)c(F)c(F)c12. The number of aryl methyl sites for hydroxylation is 3. The summed E-state index contributed by atoms with van der Waals surface area (Å²) in [5.74, 6) is -8.28. The molecule has 7 heteroatoms. The molecule has 0 saturated carbocycles. The number of fused-ring (bicyclic) bond motifs is 1. The van der Waals surface area contributed by atoms with Gasteiger partial charge in [-0.3, -0.25) is 4.79 Å². The van der Waals surface area contributed by atoms with Gasteiger partial charge in [0, 0.05) is 5.69 Å². The lowest BCUT2D eigenvalue weighted by Gasteiger charge is -2.11. The van der Waals surface area contributed by atoms with Crippen LogP contribution in [-0.2, 0) is 0 Å². The molecule has 0 atom stereocenters. The zero-order valence-corrected chi connectivity index (χ0v) is 13.6. The van der Waals surface area contributed by atoms with Crippen molar-refractivity contribution in [2.24, 2.45) is 0 Å². The zero-order chi connectivity index (χ0) is 18.5. The maximum atomic E-state index is 14.1. The third kappa shape index (κ3) is 2.56. The van der Waals surface area contributed by atoms with Gasteiger partial charge in [-0.15, -0.1) is 0 Å². The summed E-state index contributed by atoms with van der Waals surface area (Å²) in [6, 6.07) is 5.32. The van der Waals surface area contributed by atoms with Gasteiger partial charge in [0.25, 0.3) is 5.91 Å². The Labute approximate surface area is 140 Å². The number of carbonyl (C=O) groups excluding carboxylic acids is 1. The lowest BCUT2D eigenvalue weighted by atomic mass is 10.1. The minimum atomic E-state index is -1.99. The Morgan fingerprint density at radius 3 is 2.08 bits per heavy atom. The Hall–Kier alpha value is -2.83. The average Bonchev–Trinajstić information content (AvgIpc) is 2.92. The van der Waals surface area contributed by atoms with Gasteiger partial charge in [-0.1, -0.05) is 18.2 Å². The first-order valence-electron chi connectivity index (χ1n) is 7.36. The number of amides is 1. The molecule has 25 heavy (non-hydrogen) atoms. The lowest BCUT2D eigenvalue weighted by Crippen LogP contribution is -2.15. The van der Waals surface area contributed by atoms with Gasteiger partial charge in [0.2, 0.25) is 11.6 Å². The van der Waals surface area contributed by atoms with Gasteiger partial charge in [-0.2, -0.15) is 4.39 Å². The van der Waals surface area contributed by atoms with Gasteiger partial charge in [0.1, 0.15) is 5.76 Å². The summed E-state index contributed by atoms with van der Waals surface area (Å²) in [6.07, 6.45) is 0. The van der Waals surface area contributed by atoms with Crippen molar-refractivity contribution >= 4 is 22.6 Å². The van der Waals surface area contributed by atoms with Crippen molar-refractivity contribution in [3.05, 3.63) is 63.9 Å². The molecule has 0 aliphatic heterocycles. The third-order valence-electron chi connectivity index (χ3n) is 4.03. The standard InChI is InChI=1S/C18H13F4NO2/c1-7-5-4-6-8(2)16(7)23-18(24)10-9(3)25-17-11(10)12(19)13(20)14(21)15(17)22/h4-6H,1-3H3,(H,23,24). The zero-order valence-electron chi connectivity index (χ0n) is 13.6. The summed E-state index contributed by atoms with van der Waals surface area (Å²) >= 11 is 0. The highest BCUT2D eigenvalue weighted by Crippen LogP contribution is 2.34. The van der Waals surface area contributed by atoms with Crippen LogP contribution < -0.4 is 5.32 Å². The second-order valence-corrected chi connectivity index (χ2v) is 5.71. The van der Waals surface area contributed by atoms with Crippen LogP contribution in [0.4, 0.5) is 23.2 Å². The summed E-state index contributed by atoms with van der Waals surface area (Å²) in [4.78, 5) is 12.6. The molecule has 0 radical (unpaired) electrons. The number of para-hydroxylation sites is 1. The van der Waals surface area contributed by atoms with Gasteiger partial charge < -0.3 is 9.73 Å². The minimum Gasteiger partial charge on any atom is -0.457 e. The second-order valence-electron chi connectivity index (χ2n) is 5.71. The Bertz CT molecular complexity index is 1000. The van der Waals surface area contributed by atoms with E-state index in [2.05, 4.69) is 5.32 Å². The maximum absolute atomic E-state index is 14.1. The van der Waals surface area contributed by atoms with E-state index in [-0.39, 0.29) is 11.3 Å². The van der Waals surface area contributed by atoms with E-state index in [0.717, 1.165) is 11.1 Å². The number of hydrogen-bond acceptors (Lipinski definition) is 2. The van der Waals surface area contributed by atoms with E-state index < -0.39 is 40.1 Å². The molecule has 1 N–H and O–H groups in total. The van der Waals surface area contributed by atoms with E-state index in [1.807, 2.05) is 0 Å². The second kappa shape index (κ2) is 5.91. The molecule has 0 aliphatic rings. The molecule has 0 spiro atoms. The van der Waals surface area contributed by atoms with Crippen LogP contribution in [0.15, 0.2) is 22.6 Å². The van der Waals surface area contributed by atoms with E-state index in [0.29, 0.717) is 5.69 Å². The van der Waals surface area contributed by atoms with E-state index >= 15 is 0 Å². The predicted molar refractivity (Wildman–Crippen MR) is 84.7 cm³/mol. The van der Waals surface area contributed by atoms with Crippen LogP contribution >= 0.6 is 0 Å². The molecular formula is C18H13F4NO2. The molecule has 0 bridgehead atoms. The molecule has 0 aliphatic carbocycles. The number of halogens is 4. The van der Waals surface area contributed by atoms with E-state index in [1.54, 1.807) is 32.0 Å². The van der Waals surface area contributed by atoms with Crippen LogP contribution in [0.25, 0.3) is 11.0 Å². The first-order chi connectivity index (χ1) is 11.7. The number of benzene rings is 2. The summed E-state index contributed by atoms with van der Waals surface area (Å²) in [7, 11) is 0. The Morgan fingerprint density at radius 2 is 1.48 bits per heavy atom. The van der Waals surface area contributed by atoms with E-state index in [9.17, 15) is 22.4 Å². The van der Waals surface area contributed by atoms with Gasteiger partial charge in [-0.05, 0) is 31.9 Å². The van der Waals surface area contributed by atoms with E-state index in [4.69, 9.17) is 4.42 Å². The van der Waals surface area contributed by atoms with Crippen molar-refractivity contribution < 1.29 is 26.8 Å². The first-order valence-corrected chi connectivity index (χ1v) is 7.36. The van der Waals surface area contributed by atoms with E-state index in [1.165, 1.54) is 6.92 Å². The highest BCUT2D eigenvalue weighted by molar-refractivity contribution is 6.14. The molecule has 1 aromatic heterocycles. The van der Waals surface area contributed by atoms with Crippen molar-refractivity contribution in [3.8, 4) is 0 Å². The third-order valence-corrected chi connectivity index (χ3v) is 4.03. The first kappa shape index (κ1) is 17.0. The van der Waals surface area contributed by atoms with Crippen LogP contribution in [0.1, 0.15) is 27.2 Å². The summed E-state index contributed by atoms with van der Waals surface area (Å²) < 4.78 is 59.9. The molecule has 1 amide bonds. The van der Waals surface area contributed by atoms with Gasteiger partial charge in [0.05, 0.1) is 10.9 Å². The molecule has 3 aromatic rings. The number of furan rings is 1. The van der Waals surface area contributed by atoms with Crippen molar-refractivity contribution in [3.63, 3.8) is 0 Å². The molecule has 130 valence electrons. The van der Waals surface area contributed by atoms with Crippen LogP contribution in [-0.4, -0.2) is 5.91 Å². The lowest BCUT2D eigenvalue weighted by molar-refractivity contribution is 0.102. The summed E-state index contributed by atoms with van der Waals surface area (Å²) in [5.41, 5.74) is 0.781. The average molecular weight is 351 g/mol. The fourth-order valence-corrected chi connectivity index (χ4v) is 2.77. The minimum absolute atomic E-state index is 0.151. The molecule has 1 heterocycles. The Balaban J connectivity index is 2.19. The molecule has 2 aromatic carbocycles. The largest absolute Gasteiger partial charge is 0.457 e. The molecule has 0 fully saturated rings. The van der Waals surface area contributed by atoms with Crippen molar-refractivity contribution in [2.45, 2.75) is 20.8 Å². The van der Waals surface area contributed by atoms with Crippen LogP contribution in [0.2, 0.25) is 0 Å². The monoisotopic (exact) mass is 351 g/mol. The van der Waals surface area contributed by atoms with Crippen molar-refractivity contribution in [1.82, 2.24) is 0 Å². The number of nitrogens with one attached hydrogen (secondary N) is 1. The van der Waals surface area contributed by atoms with Gasteiger partial charge in [0.15, 0.2) is 17.2 Å². The molecule has 3 rings (SSSR count). The summed E-state index contributed by atoms with van der Waals surface area (Å²) in [5, 5.41) is 1.87. The Kier molecular flexibility index (Phi) is 4.02. The summed E-state index contributed by atoms with van der Waals surface area (Å²) in [6.45, 7) is 4.81. The predicted octanol–water partition coefficient (Wildman–Crippen LogP) is 5.17. The molecule has 0 unspecified atom stereocenters. The van der Waals surface area contributed by atoms with Crippen LogP contribution in [0.3, 0.4) is 0 Å². The molecular weight excluding hydrogens is 338 g/mol. The number of carbonyl (C=O) groups is 1. The van der Waals surface area contributed by atoms with Gasteiger partial charge >= 0.3 is 0 Å². The topological polar surface area (TPSA) is 42.2 Å². The van der Waals surface area contributed by atoms with Crippen molar-refractivity contribution in [1.29, 1.82) is 0 Å². The van der Waals surface area contributed by atoms with Crippen LogP contribution in [0, 0.1) is 44.0 Å². The number of hydrogen-bond donors (Lipinski definition) is 1. The number of anilines is 1. The Morgan fingerprint density at radius 1 is 0.920 bits per heavy atom. The van der Waals surface area contributed by atoms with Crippen molar-refractivity contribution in [2.75, 3.05) is 5.32 Å². The maximum Gasteiger partial charge on any atom is 0.259 e. The number of rotatable bonds is 2. The molecule has 0 saturated heterocycles. The fourth-order valence-electron chi connectivity index (χ4n) is 2.77. The normalized spacial score (nSPS) is 11.2. The molecule has 3 nitrogen and oxygen atoms in total. The fraction of sp³-hybridized carbons (Fsp3) is 0.167. The highest BCUT2D eigenvalue weighted by Gasteiger charge is 2.30. The smallest absolute Gasteiger partial charge is 0.259 e.